The maximum Gasteiger partial charge on any atom is 0.0630 e. The summed E-state index contributed by atoms with van der Waals surface area (Å²) in [5.74, 6) is 0.788. The van der Waals surface area contributed by atoms with Crippen LogP contribution in [0.3, 0.4) is 0 Å². The van der Waals surface area contributed by atoms with Gasteiger partial charge in [0.25, 0.3) is 0 Å². The molecule has 0 aromatic carbocycles. The average molecular weight is 216 g/mol. The van der Waals surface area contributed by atoms with Gasteiger partial charge in [0, 0.05) is 26.2 Å². The monoisotopic (exact) mass is 216 g/mol. The lowest BCUT2D eigenvalue weighted by Gasteiger charge is -2.32. The third kappa shape index (κ3) is 5.50. The van der Waals surface area contributed by atoms with E-state index in [0.29, 0.717) is 12.6 Å². The summed E-state index contributed by atoms with van der Waals surface area (Å²) in [6.07, 6.45) is 2.49. The van der Waals surface area contributed by atoms with E-state index in [4.69, 9.17) is 10.5 Å². The van der Waals surface area contributed by atoms with Gasteiger partial charge in [0.1, 0.15) is 0 Å². The maximum atomic E-state index is 5.77. The number of hydrogen-bond acceptors (Lipinski definition) is 3. The van der Waals surface area contributed by atoms with Crippen molar-refractivity contribution in [2.24, 2.45) is 11.7 Å². The van der Waals surface area contributed by atoms with Gasteiger partial charge in [0.05, 0.1) is 6.61 Å². The number of rotatable bonds is 9. The van der Waals surface area contributed by atoms with E-state index in [0.717, 1.165) is 25.6 Å². The molecule has 0 saturated heterocycles. The highest BCUT2D eigenvalue weighted by atomic mass is 16.5. The Hall–Kier alpha value is -0.120. The second-order valence-electron chi connectivity index (χ2n) is 4.11. The molecule has 2 N–H and O–H groups in total. The van der Waals surface area contributed by atoms with Gasteiger partial charge in [-0.3, -0.25) is 4.90 Å². The molecule has 0 saturated carbocycles. The standard InChI is InChI=1S/C12H28N2O/c1-5-11(6-2)9-14(7-3)12(8-13)10-15-4/h11-12H,5-10,13H2,1-4H3. The molecule has 0 aliphatic heterocycles. The van der Waals surface area contributed by atoms with E-state index < -0.39 is 0 Å². The van der Waals surface area contributed by atoms with Gasteiger partial charge in [-0.15, -0.1) is 0 Å². The smallest absolute Gasteiger partial charge is 0.0630 e. The van der Waals surface area contributed by atoms with Gasteiger partial charge in [-0.25, -0.2) is 0 Å². The van der Waals surface area contributed by atoms with Crippen molar-refractivity contribution in [1.29, 1.82) is 0 Å². The van der Waals surface area contributed by atoms with Crippen molar-refractivity contribution >= 4 is 0 Å². The summed E-state index contributed by atoms with van der Waals surface area (Å²) in [6, 6.07) is 0.376. The number of likely N-dealkylation sites (N-methyl/N-ethyl adjacent to an activating group) is 1. The maximum absolute atomic E-state index is 5.77. The Kier molecular flexibility index (Phi) is 9.06. The molecule has 3 nitrogen and oxygen atoms in total. The van der Waals surface area contributed by atoms with Crippen LogP contribution in [0, 0.1) is 5.92 Å². The molecule has 0 bridgehead atoms. The van der Waals surface area contributed by atoms with Gasteiger partial charge in [-0.1, -0.05) is 33.6 Å². The Balaban J connectivity index is 4.17. The van der Waals surface area contributed by atoms with E-state index >= 15 is 0 Å². The number of methoxy groups -OCH3 is 1. The van der Waals surface area contributed by atoms with Gasteiger partial charge in [-0.05, 0) is 12.5 Å². The summed E-state index contributed by atoms with van der Waals surface area (Å²) < 4.78 is 5.20. The lowest BCUT2D eigenvalue weighted by atomic mass is 10.0. The molecule has 0 rings (SSSR count). The Labute approximate surface area is 95.0 Å². The molecular formula is C12H28N2O. The molecule has 3 heteroatoms. The highest BCUT2D eigenvalue weighted by molar-refractivity contribution is 4.73. The van der Waals surface area contributed by atoms with Crippen LogP contribution in [0.4, 0.5) is 0 Å². The zero-order valence-corrected chi connectivity index (χ0v) is 10.8. The van der Waals surface area contributed by atoms with Crippen LogP contribution in [0.25, 0.3) is 0 Å². The van der Waals surface area contributed by atoms with Crippen molar-refractivity contribution in [3.05, 3.63) is 0 Å². The number of nitrogens with two attached hydrogens (primary N) is 1. The van der Waals surface area contributed by atoms with E-state index in [1.54, 1.807) is 7.11 Å². The van der Waals surface area contributed by atoms with Crippen LogP contribution in [0.1, 0.15) is 33.6 Å². The molecule has 0 aliphatic rings. The van der Waals surface area contributed by atoms with Crippen LogP contribution < -0.4 is 5.73 Å². The third-order valence-corrected chi connectivity index (χ3v) is 3.20. The average Bonchev–Trinajstić information content (AvgIpc) is 2.28. The number of nitrogens with zero attached hydrogens (tertiary/aromatic N) is 1. The van der Waals surface area contributed by atoms with Crippen molar-refractivity contribution in [1.82, 2.24) is 4.90 Å². The van der Waals surface area contributed by atoms with Crippen molar-refractivity contribution in [2.75, 3.05) is 33.4 Å². The lowest BCUT2D eigenvalue weighted by Crippen LogP contribution is -2.45. The zero-order chi connectivity index (χ0) is 11.7. The van der Waals surface area contributed by atoms with Crippen LogP contribution in [0.5, 0.6) is 0 Å². The topological polar surface area (TPSA) is 38.5 Å². The lowest BCUT2D eigenvalue weighted by molar-refractivity contribution is 0.0852. The van der Waals surface area contributed by atoms with E-state index in [9.17, 15) is 0 Å². The third-order valence-electron chi connectivity index (χ3n) is 3.20. The predicted octanol–water partition coefficient (Wildman–Crippen LogP) is 1.72. The molecule has 15 heavy (non-hydrogen) atoms. The van der Waals surface area contributed by atoms with Crippen LogP contribution >= 0.6 is 0 Å². The second-order valence-corrected chi connectivity index (χ2v) is 4.11. The SMILES string of the molecule is CCC(CC)CN(CC)C(CN)COC. The van der Waals surface area contributed by atoms with Crippen LogP contribution in [-0.2, 0) is 4.74 Å². The van der Waals surface area contributed by atoms with Crippen LogP contribution in [0.15, 0.2) is 0 Å². The quantitative estimate of drug-likeness (QED) is 0.638. The minimum Gasteiger partial charge on any atom is -0.383 e. The fraction of sp³-hybridized carbons (Fsp3) is 1.00. The largest absolute Gasteiger partial charge is 0.383 e. The summed E-state index contributed by atoms with van der Waals surface area (Å²) in [5.41, 5.74) is 5.77. The Morgan fingerprint density at radius 3 is 2.13 bits per heavy atom. The molecule has 0 amide bonds. The van der Waals surface area contributed by atoms with Gasteiger partial charge in [-0.2, -0.15) is 0 Å². The van der Waals surface area contributed by atoms with Crippen molar-refractivity contribution in [3.8, 4) is 0 Å². The number of ether oxygens (including phenoxy) is 1. The van der Waals surface area contributed by atoms with Gasteiger partial charge < -0.3 is 10.5 Å². The van der Waals surface area contributed by atoms with Crippen LogP contribution in [0.2, 0.25) is 0 Å². The summed E-state index contributed by atoms with van der Waals surface area (Å²) in [4.78, 5) is 2.45. The molecule has 0 aliphatic carbocycles. The Bertz CT molecular complexity index is 138. The molecular weight excluding hydrogens is 188 g/mol. The first-order valence-electron chi connectivity index (χ1n) is 6.16. The fourth-order valence-electron chi connectivity index (χ4n) is 1.93. The molecule has 0 spiro atoms. The van der Waals surface area contributed by atoms with Crippen LogP contribution in [-0.4, -0.2) is 44.3 Å². The highest BCUT2D eigenvalue weighted by Gasteiger charge is 2.18. The molecule has 0 heterocycles. The molecule has 0 aromatic rings. The minimum absolute atomic E-state index is 0.376. The minimum atomic E-state index is 0.376. The highest BCUT2D eigenvalue weighted by Crippen LogP contribution is 2.12. The van der Waals surface area contributed by atoms with E-state index in [1.807, 2.05) is 0 Å². The fourth-order valence-corrected chi connectivity index (χ4v) is 1.93. The van der Waals surface area contributed by atoms with Gasteiger partial charge >= 0.3 is 0 Å². The Morgan fingerprint density at radius 1 is 1.20 bits per heavy atom. The molecule has 92 valence electrons. The van der Waals surface area contributed by atoms with Crippen molar-refractivity contribution in [2.45, 2.75) is 39.7 Å². The number of hydrogen-bond donors (Lipinski definition) is 1. The van der Waals surface area contributed by atoms with Crippen molar-refractivity contribution in [3.63, 3.8) is 0 Å². The first kappa shape index (κ1) is 14.9. The van der Waals surface area contributed by atoms with E-state index in [-0.39, 0.29) is 0 Å². The van der Waals surface area contributed by atoms with E-state index in [1.165, 1.54) is 12.8 Å². The van der Waals surface area contributed by atoms with Gasteiger partial charge in [0.15, 0.2) is 0 Å². The first-order chi connectivity index (χ1) is 7.23. The zero-order valence-electron chi connectivity index (χ0n) is 10.8. The normalized spacial score (nSPS) is 13.8. The predicted molar refractivity (Wildman–Crippen MR) is 66.0 cm³/mol. The first-order valence-corrected chi connectivity index (χ1v) is 6.16. The summed E-state index contributed by atoms with van der Waals surface area (Å²) >= 11 is 0. The van der Waals surface area contributed by atoms with E-state index in [2.05, 4.69) is 25.7 Å². The molecule has 0 radical (unpaired) electrons. The summed E-state index contributed by atoms with van der Waals surface area (Å²) in [6.45, 7) is 10.3. The molecule has 0 fully saturated rings. The molecule has 1 unspecified atom stereocenters. The van der Waals surface area contributed by atoms with Crippen molar-refractivity contribution < 1.29 is 4.74 Å². The Morgan fingerprint density at radius 2 is 1.80 bits per heavy atom. The molecule has 0 aromatic heterocycles. The summed E-state index contributed by atoms with van der Waals surface area (Å²) in [7, 11) is 1.74. The second kappa shape index (κ2) is 9.13. The molecule has 1 atom stereocenters. The summed E-state index contributed by atoms with van der Waals surface area (Å²) in [5, 5.41) is 0. The van der Waals surface area contributed by atoms with Gasteiger partial charge in [0.2, 0.25) is 0 Å².